The first-order chi connectivity index (χ1) is 9.20. The van der Waals surface area contributed by atoms with Gasteiger partial charge in [-0.05, 0) is 24.3 Å². The van der Waals surface area contributed by atoms with Crippen LogP contribution in [-0.4, -0.2) is 13.0 Å². The average Bonchev–Trinajstić information content (AvgIpc) is 2.43. The highest BCUT2D eigenvalue weighted by atomic mass is 32.2. The van der Waals surface area contributed by atoms with Crippen molar-refractivity contribution in [1.29, 1.82) is 0 Å². The third-order valence-corrected chi connectivity index (χ3v) is 4.18. The number of rotatable bonds is 1. The molecule has 0 radical (unpaired) electrons. The molecule has 19 heavy (non-hydrogen) atoms. The minimum absolute atomic E-state index is 0.00209. The molecule has 1 heterocycles. The zero-order valence-corrected chi connectivity index (χ0v) is 11.5. The van der Waals surface area contributed by atoms with Crippen LogP contribution < -0.4 is 9.64 Å². The second-order valence-electron chi connectivity index (χ2n) is 4.26. The van der Waals surface area contributed by atoms with E-state index in [1.165, 1.54) is 0 Å². The van der Waals surface area contributed by atoms with Crippen LogP contribution in [0.3, 0.4) is 0 Å². The first-order valence-electron chi connectivity index (χ1n) is 5.96. The Bertz CT molecular complexity index is 654. The summed E-state index contributed by atoms with van der Waals surface area (Å²) >= 11 is 1.67. The van der Waals surface area contributed by atoms with Crippen LogP contribution in [0.4, 0.5) is 11.4 Å². The Morgan fingerprint density at radius 3 is 2.58 bits per heavy atom. The van der Waals surface area contributed by atoms with Crippen LogP contribution in [0, 0.1) is 0 Å². The Morgan fingerprint density at radius 1 is 1.11 bits per heavy atom. The van der Waals surface area contributed by atoms with Crippen LogP contribution in [-0.2, 0) is 4.79 Å². The number of hydrogen-bond donors (Lipinski definition) is 0. The summed E-state index contributed by atoms with van der Waals surface area (Å²) in [5, 5.41) is 0. The lowest BCUT2D eigenvalue weighted by atomic mass is 10.2. The largest absolute Gasteiger partial charge is 0.497 e. The first-order valence-corrected chi connectivity index (χ1v) is 6.78. The van der Waals surface area contributed by atoms with Crippen molar-refractivity contribution in [1.82, 2.24) is 0 Å². The van der Waals surface area contributed by atoms with E-state index in [1.807, 2.05) is 42.5 Å². The molecule has 2 aromatic rings. The molecule has 96 valence electrons. The molecule has 0 N–H and O–H groups in total. The molecule has 1 aliphatic heterocycles. The number of amides is 1. The van der Waals surface area contributed by atoms with Crippen molar-refractivity contribution >= 4 is 29.0 Å². The van der Waals surface area contributed by atoms with E-state index in [4.69, 9.17) is 4.74 Å². The van der Waals surface area contributed by atoms with Gasteiger partial charge in [0, 0.05) is 22.8 Å². The monoisotopic (exact) mass is 271 g/mol. The first kappa shape index (κ1) is 12.1. The zero-order chi connectivity index (χ0) is 13.4. The predicted octanol–water partition coefficient (Wildman–Crippen LogP) is 3.84. The standard InChI is InChI=1S/C15H13NO2S/c1-10(17)16-12-5-3-4-6-14(12)19-15-8-7-11(18-2)9-13(15)16/h3-9H,1-2H3. The van der Waals surface area contributed by atoms with Gasteiger partial charge in [-0.2, -0.15) is 0 Å². The molecule has 0 aromatic heterocycles. The van der Waals surface area contributed by atoms with Gasteiger partial charge in [0.1, 0.15) is 5.75 Å². The highest BCUT2D eigenvalue weighted by Crippen LogP contribution is 2.48. The lowest BCUT2D eigenvalue weighted by Gasteiger charge is -2.30. The van der Waals surface area contributed by atoms with Gasteiger partial charge in [0.2, 0.25) is 5.91 Å². The van der Waals surface area contributed by atoms with Gasteiger partial charge in [-0.15, -0.1) is 0 Å². The summed E-state index contributed by atoms with van der Waals surface area (Å²) in [7, 11) is 1.63. The molecule has 0 unspecified atom stereocenters. The quantitative estimate of drug-likeness (QED) is 0.789. The number of nitrogens with zero attached hydrogens (tertiary/aromatic N) is 1. The normalized spacial score (nSPS) is 12.6. The maximum absolute atomic E-state index is 12.0. The molecule has 0 atom stereocenters. The summed E-state index contributed by atoms with van der Waals surface area (Å²) < 4.78 is 5.25. The van der Waals surface area contributed by atoms with Crippen LogP contribution in [0.5, 0.6) is 5.75 Å². The summed E-state index contributed by atoms with van der Waals surface area (Å²) in [6.07, 6.45) is 0. The Labute approximate surface area is 116 Å². The maximum Gasteiger partial charge on any atom is 0.228 e. The average molecular weight is 271 g/mol. The molecule has 4 heteroatoms. The smallest absolute Gasteiger partial charge is 0.228 e. The zero-order valence-electron chi connectivity index (χ0n) is 10.7. The van der Waals surface area contributed by atoms with Gasteiger partial charge in [0.25, 0.3) is 0 Å². The van der Waals surface area contributed by atoms with E-state index >= 15 is 0 Å². The van der Waals surface area contributed by atoms with Crippen LogP contribution in [0.1, 0.15) is 6.92 Å². The van der Waals surface area contributed by atoms with E-state index in [1.54, 1.807) is 30.7 Å². The molecular weight excluding hydrogens is 258 g/mol. The minimum atomic E-state index is 0.00209. The third kappa shape index (κ3) is 1.98. The van der Waals surface area contributed by atoms with Crippen LogP contribution in [0.2, 0.25) is 0 Å². The van der Waals surface area contributed by atoms with E-state index in [0.29, 0.717) is 0 Å². The number of para-hydroxylation sites is 1. The highest BCUT2D eigenvalue weighted by molar-refractivity contribution is 7.99. The molecule has 3 nitrogen and oxygen atoms in total. The predicted molar refractivity (Wildman–Crippen MR) is 76.4 cm³/mol. The Morgan fingerprint density at radius 2 is 1.84 bits per heavy atom. The van der Waals surface area contributed by atoms with E-state index in [9.17, 15) is 4.79 Å². The molecule has 1 amide bonds. The molecule has 1 aliphatic rings. The van der Waals surface area contributed by atoms with Gasteiger partial charge in [-0.1, -0.05) is 23.9 Å². The maximum atomic E-state index is 12.0. The molecule has 2 aromatic carbocycles. The van der Waals surface area contributed by atoms with Crippen molar-refractivity contribution in [2.75, 3.05) is 12.0 Å². The lowest BCUT2D eigenvalue weighted by Crippen LogP contribution is -2.25. The van der Waals surface area contributed by atoms with Gasteiger partial charge in [-0.3, -0.25) is 9.69 Å². The van der Waals surface area contributed by atoms with E-state index in [2.05, 4.69) is 0 Å². The summed E-state index contributed by atoms with van der Waals surface area (Å²) in [5.41, 5.74) is 1.82. The summed E-state index contributed by atoms with van der Waals surface area (Å²) in [5.74, 6) is 0.757. The summed E-state index contributed by atoms with van der Waals surface area (Å²) in [6, 6.07) is 13.7. The molecule has 0 aliphatic carbocycles. The second kappa shape index (κ2) is 4.63. The van der Waals surface area contributed by atoms with Gasteiger partial charge in [0.15, 0.2) is 0 Å². The fraction of sp³-hybridized carbons (Fsp3) is 0.133. The minimum Gasteiger partial charge on any atom is -0.497 e. The number of anilines is 2. The van der Waals surface area contributed by atoms with Crippen molar-refractivity contribution < 1.29 is 9.53 Å². The topological polar surface area (TPSA) is 29.5 Å². The fourth-order valence-electron chi connectivity index (χ4n) is 2.20. The van der Waals surface area contributed by atoms with Crippen molar-refractivity contribution in [3.05, 3.63) is 42.5 Å². The number of ether oxygens (including phenoxy) is 1. The SMILES string of the molecule is COc1ccc2c(c1)N(C(C)=O)c1ccccc1S2. The van der Waals surface area contributed by atoms with Crippen LogP contribution >= 0.6 is 11.8 Å². The van der Waals surface area contributed by atoms with E-state index in [0.717, 1.165) is 26.9 Å². The van der Waals surface area contributed by atoms with E-state index < -0.39 is 0 Å². The number of benzene rings is 2. The Kier molecular flexibility index (Phi) is 2.95. The van der Waals surface area contributed by atoms with Crippen LogP contribution in [0.25, 0.3) is 0 Å². The molecule has 0 spiro atoms. The highest BCUT2D eigenvalue weighted by Gasteiger charge is 2.26. The molecule has 0 saturated carbocycles. The number of carbonyl (C=O) groups is 1. The van der Waals surface area contributed by atoms with Crippen LogP contribution in [0.15, 0.2) is 52.3 Å². The summed E-state index contributed by atoms with van der Waals surface area (Å²) in [6.45, 7) is 1.58. The Balaban J connectivity index is 2.21. The molecule has 3 rings (SSSR count). The lowest BCUT2D eigenvalue weighted by molar-refractivity contribution is -0.115. The van der Waals surface area contributed by atoms with Crippen molar-refractivity contribution in [2.24, 2.45) is 0 Å². The third-order valence-electron chi connectivity index (χ3n) is 3.05. The second-order valence-corrected chi connectivity index (χ2v) is 5.34. The molecular formula is C15H13NO2S. The van der Waals surface area contributed by atoms with Crippen molar-refractivity contribution in [2.45, 2.75) is 16.7 Å². The fourth-order valence-corrected chi connectivity index (χ4v) is 3.24. The molecule has 0 fully saturated rings. The molecule has 0 bridgehead atoms. The summed E-state index contributed by atoms with van der Waals surface area (Å²) in [4.78, 5) is 15.9. The number of hydrogen-bond acceptors (Lipinski definition) is 3. The molecule has 0 saturated heterocycles. The van der Waals surface area contributed by atoms with Gasteiger partial charge >= 0.3 is 0 Å². The van der Waals surface area contributed by atoms with Crippen molar-refractivity contribution in [3.63, 3.8) is 0 Å². The Hall–Kier alpha value is -1.94. The van der Waals surface area contributed by atoms with Crippen molar-refractivity contribution in [3.8, 4) is 5.75 Å². The number of methoxy groups -OCH3 is 1. The number of fused-ring (bicyclic) bond motifs is 2. The van der Waals surface area contributed by atoms with Gasteiger partial charge in [0.05, 0.1) is 18.5 Å². The number of carbonyl (C=O) groups excluding carboxylic acids is 1. The van der Waals surface area contributed by atoms with E-state index in [-0.39, 0.29) is 5.91 Å². The van der Waals surface area contributed by atoms with Gasteiger partial charge < -0.3 is 4.74 Å². The van der Waals surface area contributed by atoms with Gasteiger partial charge in [-0.25, -0.2) is 0 Å².